The second-order valence-electron chi connectivity index (χ2n) is 4.63. The van der Waals surface area contributed by atoms with Crippen molar-refractivity contribution in [3.05, 3.63) is 24.3 Å². The van der Waals surface area contributed by atoms with E-state index in [0.29, 0.717) is 0 Å². The van der Waals surface area contributed by atoms with Crippen LogP contribution >= 0.6 is 0 Å². The van der Waals surface area contributed by atoms with Crippen molar-refractivity contribution in [2.45, 2.75) is 31.3 Å². The Morgan fingerprint density at radius 1 is 1.33 bits per heavy atom. The molecule has 0 radical (unpaired) electrons. The predicted octanol–water partition coefficient (Wildman–Crippen LogP) is 2.28. The Balaban J connectivity index is 2.84. The van der Waals surface area contributed by atoms with Gasteiger partial charge in [-0.15, -0.1) is 0 Å². The van der Waals surface area contributed by atoms with E-state index in [1.165, 1.54) is 18.2 Å². The maximum absolute atomic E-state index is 11.4. The van der Waals surface area contributed by atoms with E-state index < -0.39 is 21.8 Å². The van der Waals surface area contributed by atoms with E-state index in [1.807, 2.05) is 0 Å². The Hall–Kier alpha value is -1.60. The molecule has 18 heavy (non-hydrogen) atoms. The molecule has 0 unspecified atom stereocenters. The lowest BCUT2D eigenvalue weighted by molar-refractivity contribution is 0.0636. The Labute approximate surface area is 106 Å². The summed E-state index contributed by atoms with van der Waals surface area (Å²) in [6.07, 6.45) is -0.699. The average molecular weight is 273 g/mol. The molecule has 1 amide bonds. The molecule has 2 N–H and O–H groups in total. The normalized spacial score (nSPS) is 12.0. The fourth-order valence-electron chi connectivity index (χ4n) is 1.16. The first kappa shape index (κ1) is 14.5. The van der Waals surface area contributed by atoms with E-state index in [2.05, 4.69) is 5.32 Å². The van der Waals surface area contributed by atoms with E-state index in [-0.39, 0.29) is 10.6 Å². The van der Waals surface area contributed by atoms with Crippen LogP contribution in [0.25, 0.3) is 0 Å². The van der Waals surface area contributed by atoms with Crippen molar-refractivity contribution in [2.75, 3.05) is 5.32 Å². The van der Waals surface area contributed by atoms with Gasteiger partial charge in [0.25, 0.3) is 10.1 Å². The number of amides is 1. The van der Waals surface area contributed by atoms with Gasteiger partial charge in [-0.2, -0.15) is 8.42 Å². The van der Waals surface area contributed by atoms with Crippen molar-refractivity contribution in [3.63, 3.8) is 0 Å². The molecule has 0 saturated carbocycles. The maximum Gasteiger partial charge on any atom is 0.412 e. The Kier molecular flexibility index (Phi) is 3.98. The molecule has 1 rings (SSSR count). The zero-order valence-electron chi connectivity index (χ0n) is 10.3. The summed E-state index contributed by atoms with van der Waals surface area (Å²) in [5.41, 5.74) is -0.426. The molecule has 0 spiro atoms. The number of ether oxygens (including phenoxy) is 1. The van der Waals surface area contributed by atoms with Crippen LogP contribution in [0, 0.1) is 0 Å². The van der Waals surface area contributed by atoms with Gasteiger partial charge in [0.2, 0.25) is 0 Å². The number of hydrogen-bond donors (Lipinski definition) is 2. The molecule has 0 aliphatic carbocycles. The maximum atomic E-state index is 11.4. The van der Waals surface area contributed by atoms with Gasteiger partial charge < -0.3 is 4.74 Å². The zero-order chi connectivity index (χ0) is 14.0. The molecule has 0 fully saturated rings. The summed E-state index contributed by atoms with van der Waals surface area (Å²) < 4.78 is 35.7. The van der Waals surface area contributed by atoms with Gasteiger partial charge in [0, 0.05) is 5.69 Å². The van der Waals surface area contributed by atoms with Crippen molar-refractivity contribution in [2.24, 2.45) is 0 Å². The smallest absolute Gasteiger partial charge is 0.412 e. The van der Waals surface area contributed by atoms with Crippen LogP contribution in [0.15, 0.2) is 29.2 Å². The fraction of sp³-hybridized carbons (Fsp3) is 0.364. The minimum Gasteiger partial charge on any atom is -0.444 e. The van der Waals surface area contributed by atoms with Crippen molar-refractivity contribution >= 4 is 21.9 Å². The molecule has 0 aromatic heterocycles. The van der Waals surface area contributed by atoms with Crippen molar-refractivity contribution in [1.29, 1.82) is 0 Å². The monoisotopic (exact) mass is 273 g/mol. The van der Waals surface area contributed by atoms with Gasteiger partial charge in [0.1, 0.15) is 5.60 Å². The quantitative estimate of drug-likeness (QED) is 0.806. The van der Waals surface area contributed by atoms with E-state index in [1.54, 1.807) is 20.8 Å². The molecule has 0 heterocycles. The Bertz CT molecular complexity index is 545. The highest BCUT2D eigenvalue weighted by Gasteiger charge is 2.17. The summed E-state index contributed by atoms with van der Waals surface area (Å²) >= 11 is 0. The molecule has 1 aromatic rings. The predicted molar refractivity (Wildman–Crippen MR) is 66.1 cm³/mol. The van der Waals surface area contributed by atoms with Gasteiger partial charge in [-0.3, -0.25) is 9.87 Å². The van der Waals surface area contributed by atoms with Crippen LogP contribution in [0.5, 0.6) is 0 Å². The molecule has 7 heteroatoms. The summed E-state index contributed by atoms with van der Waals surface area (Å²) in [6, 6.07) is 5.24. The first-order valence-corrected chi connectivity index (χ1v) is 6.59. The van der Waals surface area contributed by atoms with Crippen LogP contribution < -0.4 is 5.32 Å². The second kappa shape index (κ2) is 4.95. The molecule has 1 aromatic carbocycles. The Morgan fingerprint density at radius 2 is 1.94 bits per heavy atom. The minimum atomic E-state index is -4.29. The molecule has 100 valence electrons. The molecule has 6 nitrogen and oxygen atoms in total. The van der Waals surface area contributed by atoms with Crippen LogP contribution in [-0.2, 0) is 14.9 Å². The molecule has 0 atom stereocenters. The van der Waals surface area contributed by atoms with Gasteiger partial charge in [0.15, 0.2) is 0 Å². The summed E-state index contributed by atoms with van der Waals surface area (Å²) in [5, 5.41) is 2.37. The zero-order valence-corrected chi connectivity index (χ0v) is 11.1. The van der Waals surface area contributed by atoms with Gasteiger partial charge in [-0.1, -0.05) is 6.07 Å². The first-order chi connectivity index (χ1) is 8.08. The van der Waals surface area contributed by atoms with Crippen LogP contribution in [-0.4, -0.2) is 24.7 Å². The third-order valence-electron chi connectivity index (χ3n) is 1.78. The number of hydrogen-bond acceptors (Lipinski definition) is 4. The molecule has 0 aliphatic rings. The van der Waals surface area contributed by atoms with Gasteiger partial charge >= 0.3 is 6.09 Å². The summed E-state index contributed by atoms with van der Waals surface area (Å²) in [5.74, 6) is 0. The third kappa shape index (κ3) is 4.72. The number of carbonyl (C=O) groups is 1. The van der Waals surface area contributed by atoms with Crippen LogP contribution in [0.1, 0.15) is 20.8 Å². The highest BCUT2D eigenvalue weighted by Crippen LogP contribution is 2.16. The molecule has 0 saturated heterocycles. The largest absolute Gasteiger partial charge is 0.444 e. The Morgan fingerprint density at radius 3 is 2.44 bits per heavy atom. The van der Waals surface area contributed by atoms with E-state index in [9.17, 15) is 13.2 Å². The topological polar surface area (TPSA) is 92.7 Å². The summed E-state index contributed by atoms with van der Waals surface area (Å²) in [6.45, 7) is 5.13. The van der Waals surface area contributed by atoms with Crippen molar-refractivity contribution in [3.8, 4) is 0 Å². The average Bonchev–Trinajstić information content (AvgIpc) is 2.13. The first-order valence-electron chi connectivity index (χ1n) is 5.15. The third-order valence-corrected chi connectivity index (χ3v) is 2.63. The summed E-state index contributed by atoms with van der Waals surface area (Å²) in [4.78, 5) is 11.1. The fourth-order valence-corrected chi connectivity index (χ4v) is 1.68. The van der Waals surface area contributed by atoms with Crippen molar-refractivity contribution < 1.29 is 22.5 Å². The van der Waals surface area contributed by atoms with Crippen LogP contribution in [0.4, 0.5) is 10.5 Å². The van der Waals surface area contributed by atoms with Gasteiger partial charge in [0.05, 0.1) is 4.90 Å². The molecular weight excluding hydrogens is 258 g/mol. The standard InChI is InChI=1S/C11H15NO5S/c1-11(2,3)17-10(13)12-8-5-4-6-9(7-8)18(14,15)16/h4-7H,1-3H3,(H,12,13)(H,14,15,16). The van der Waals surface area contributed by atoms with Crippen LogP contribution in [0.2, 0.25) is 0 Å². The van der Waals surface area contributed by atoms with Gasteiger partial charge in [-0.05, 0) is 39.0 Å². The van der Waals surface area contributed by atoms with Crippen molar-refractivity contribution in [1.82, 2.24) is 0 Å². The highest BCUT2D eigenvalue weighted by molar-refractivity contribution is 7.85. The number of nitrogens with one attached hydrogen (secondary N) is 1. The lowest BCUT2D eigenvalue weighted by Gasteiger charge is -2.19. The molecular formula is C11H15NO5S. The molecule has 0 bridgehead atoms. The van der Waals surface area contributed by atoms with E-state index in [0.717, 1.165) is 6.07 Å². The number of anilines is 1. The number of carbonyl (C=O) groups excluding carboxylic acids is 1. The summed E-state index contributed by atoms with van der Waals surface area (Å²) in [7, 11) is -4.29. The second-order valence-corrected chi connectivity index (χ2v) is 6.05. The minimum absolute atomic E-state index is 0.222. The SMILES string of the molecule is CC(C)(C)OC(=O)Nc1cccc(S(=O)(=O)O)c1. The van der Waals surface area contributed by atoms with E-state index >= 15 is 0 Å². The van der Waals surface area contributed by atoms with Gasteiger partial charge in [-0.25, -0.2) is 4.79 Å². The number of rotatable bonds is 2. The molecule has 0 aliphatic heterocycles. The van der Waals surface area contributed by atoms with Crippen LogP contribution in [0.3, 0.4) is 0 Å². The highest BCUT2D eigenvalue weighted by atomic mass is 32.2. The number of benzene rings is 1. The lowest BCUT2D eigenvalue weighted by Crippen LogP contribution is -2.27. The lowest BCUT2D eigenvalue weighted by atomic mass is 10.2. The van der Waals surface area contributed by atoms with E-state index in [4.69, 9.17) is 9.29 Å².